The Balaban J connectivity index is 2.29. The number of esters is 1. The minimum Gasteiger partial charge on any atom is -0.493 e. The molecular formula is C16H24FNO3. The van der Waals surface area contributed by atoms with Crippen molar-refractivity contribution in [3.05, 3.63) is 29.6 Å². The number of unbranched alkanes of at least 4 members (excludes halogenated alkanes) is 2. The Labute approximate surface area is 125 Å². The molecule has 0 saturated carbocycles. The quantitative estimate of drug-likeness (QED) is 0.561. The van der Waals surface area contributed by atoms with Gasteiger partial charge in [-0.25, -0.2) is 4.39 Å². The Bertz CT molecular complexity index is 449. The summed E-state index contributed by atoms with van der Waals surface area (Å²) in [7, 11) is 0. The van der Waals surface area contributed by atoms with Gasteiger partial charge in [0, 0.05) is 24.1 Å². The number of carbonyl (C=O) groups excluding carboxylic acids is 1. The van der Waals surface area contributed by atoms with Gasteiger partial charge in [0.15, 0.2) is 0 Å². The highest BCUT2D eigenvalue weighted by Crippen LogP contribution is 2.25. The molecular weight excluding hydrogens is 273 g/mol. The predicted octanol–water partition coefficient (Wildman–Crippen LogP) is 3.35. The maximum absolute atomic E-state index is 13.2. The van der Waals surface area contributed by atoms with Crippen molar-refractivity contribution in [2.45, 2.75) is 45.6 Å². The number of ether oxygens (including phenoxy) is 2. The molecule has 0 aromatic heterocycles. The molecule has 1 unspecified atom stereocenters. The van der Waals surface area contributed by atoms with Gasteiger partial charge in [-0.15, -0.1) is 0 Å². The largest absolute Gasteiger partial charge is 0.493 e. The van der Waals surface area contributed by atoms with Gasteiger partial charge in [-0.05, 0) is 39.2 Å². The van der Waals surface area contributed by atoms with Crippen molar-refractivity contribution in [1.82, 2.24) is 0 Å². The van der Waals surface area contributed by atoms with Gasteiger partial charge in [0.25, 0.3) is 0 Å². The Morgan fingerprint density at radius 3 is 2.76 bits per heavy atom. The summed E-state index contributed by atoms with van der Waals surface area (Å²) in [5.74, 6) is -0.00473. The molecule has 0 aliphatic carbocycles. The highest BCUT2D eigenvalue weighted by Gasteiger charge is 2.09. The summed E-state index contributed by atoms with van der Waals surface area (Å²) < 4.78 is 23.7. The third-order valence-corrected chi connectivity index (χ3v) is 3.05. The first kappa shape index (κ1) is 17.4. The summed E-state index contributed by atoms with van der Waals surface area (Å²) in [5.41, 5.74) is 6.62. The fourth-order valence-corrected chi connectivity index (χ4v) is 1.97. The number of hydrogen-bond donors (Lipinski definition) is 1. The smallest absolute Gasteiger partial charge is 0.305 e. The summed E-state index contributed by atoms with van der Waals surface area (Å²) in [4.78, 5) is 11.1. The Morgan fingerprint density at radius 1 is 1.33 bits per heavy atom. The Morgan fingerprint density at radius 2 is 2.10 bits per heavy atom. The van der Waals surface area contributed by atoms with Crippen molar-refractivity contribution < 1.29 is 18.7 Å². The molecule has 0 amide bonds. The highest BCUT2D eigenvalue weighted by atomic mass is 19.1. The van der Waals surface area contributed by atoms with Crippen LogP contribution in [0, 0.1) is 5.82 Å². The molecule has 4 nitrogen and oxygen atoms in total. The SMILES string of the molecule is CCOC(=O)CCCCCOc1cc(F)ccc1C(C)N. The van der Waals surface area contributed by atoms with Crippen molar-refractivity contribution in [2.75, 3.05) is 13.2 Å². The van der Waals surface area contributed by atoms with Crippen LogP contribution in [0.25, 0.3) is 0 Å². The van der Waals surface area contributed by atoms with Crippen molar-refractivity contribution in [3.8, 4) is 5.75 Å². The molecule has 118 valence electrons. The van der Waals surface area contributed by atoms with E-state index < -0.39 is 0 Å². The lowest BCUT2D eigenvalue weighted by Crippen LogP contribution is -2.09. The zero-order valence-corrected chi connectivity index (χ0v) is 12.7. The van der Waals surface area contributed by atoms with Crippen molar-refractivity contribution >= 4 is 5.97 Å². The van der Waals surface area contributed by atoms with Gasteiger partial charge in [0.1, 0.15) is 11.6 Å². The molecule has 0 spiro atoms. The van der Waals surface area contributed by atoms with Crippen LogP contribution in [0.3, 0.4) is 0 Å². The fourth-order valence-electron chi connectivity index (χ4n) is 1.97. The maximum atomic E-state index is 13.2. The topological polar surface area (TPSA) is 61.5 Å². The molecule has 0 aliphatic rings. The van der Waals surface area contributed by atoms with E-state index in [4.69, 9.17) is 15.2 Å². The van der Waals surface area contributed by atoms with Gasteiger partial charge in [-0.2, -0.15) is 0 Å². The minimum absolute atomic E-state index is 0.164. The molecule has 2 N–H and O–H groups in total. The summed E-state index contributed by atoms with van der Waals surface area (Å²) in [6.45, 7) is 4.52. The zero-order valence-electron chi connectivity index (χ0n) is 12.7. The van der Waals surface area contributed by atoms with Crippen LogP contribution in [0.5, 0.6) is 5.75 Å². The maximum Gasteiger partial charge on any atom is 0.305 e. The van der Waals surface area contributed by atoms with Crippen molar-refractivity contribution in [2.24, 2.45) is 5.73 Å². The molecule has 1 aromatic rings. The van der Waals surface area contributed by atoms with Gasteiger partial charge in [-0.1, -0.05) is 6.07 Å². The number of rotatable bonds is 9. The molecule has 21 heavy (non-hydrogen) atoms. The van der Waals surface area contributed by atoms with Gasteiger partial charge < -0.3 is 15.2 Å². The van der Waals surface area contributed by atoms with Gasteiger partial charge >= 0.3 is 5.97 Å². The standard InChI is InChI=1S/C16H24FNO3/c1-3-20-16(19)7-5-4-6-10-21-15-11-13(17)8-9-14(15)12(2)18/h8-9,11-12H,3-7,10,18H2,1-2H3. The molecule has 1 aromatic carbocycles. The average molecular weight is 297 g/mol. The lowest BCUT2D eigenvalue weighted by Gasteiger charge is -2.14. The van der Waals surface area contributed by atoms with Crippen LogP contribution in [0.2, 0.25) is 0 Å². The third kappa shape index (κ3) is 6.58. The second-order valence-corrected chi connectivity index (χ2v) is 4.93. The molecule has 0 saturated heterocycles. The molecule has 5 heteroatoms. The van der Waals surface area contributed by atoms with E-state index in [9.17, 15) is 9.18 Å². The molecule has 0 heterocycles. The molecule has 0 radical (unpaired) electrons. The molecule has 0 fully saturated rings. The van der Waals surface area contributed by atoms with Crippen LogP contribution < -0.4 is 10.5 Å². The van der Waals surface area contributed by atoms with Gasteiger partial charge in [0.05, 0.1) is 13.2 Å². The minimum atomic E-state index is -0.336. The van der Waals surface area contributed by atoms with E-state index >= 15 is 0 Å². The predicted molar refractivity (Wildman–Crippen MR) is 79.6 cm³/mol. The van der Waals surface area contributed by atoms with Crippen LogP contribution >= 0.6 is 0 Å². The second kappa shape index (κ2) is 9.34. The first-order valence-electron chi connectivity index (χ1n) is 7.38. The molecule has 0 aliphatic heterocycles. The number of hydrogen-bond acceptors (Lipinski definition) is 4. The lowest BCUT2D eigenvalue weighted by atomic mass is 10.1. The van der Waals surface area contributed by atoms with Crippen LogP contribution in [0.4, 0.5) is 4.39 Å². The van der Waals surface area contributed by atoms with E-state index in [0.29, 0.717) is 25.4 Å². The van der Waals surface area contributed by atoms with E-state index in [1.54, 1.807) is 13.0 Å². The normalized spacial score (nSPS) is 12.0. The monoisotopic (exact) mass is 297 g/mol. The van der Waals surface area contributed by atoms with E-state index in [1.165, 1.54) is 12.1 Å². The van der Waals surface area contributed by atoms with E-state index in [-0.39, 0.29) is 17.8 Å². The van der Waals surface area contributed by atoms with Crippen molar-refractivity contribution in [1.29, 1.82) is 0 Å². The first-order valence-corrected chi connectivity index (χ1v) is 7.38. The fraction of sp³-hybridized carbons (Fsp3) is 0.562. The van der Waals surface area contributed by atoms with E-state index in [2.05, 4.69) is 0 Å². The van der Waals surface area contributed by atoms with Gasteiger partial charge in [-0.3, -0.25) is 4.79 Å². The summed E-state index contributed by atoms with van der Waals surface area (Å²) in [5, 5.41) is 0. The van der Waals surface area contributed by atoms with Crippen molar-refractivity contribution in [3.63, 3.8) is 0 Å². The molecule has 1 atom stereocenters. The van der Waals surface area contributed by atoms with Crippen LogP contribution in [-0.2, 0) is 9.53 Å². The molecule has 1 rings (SSSR count). The van der Waals surface area contributed by atoms with Crippen LogP contribution in [-0.4, -0.2) is 19.2 Å². The number of halogens is 1. The van der Waals surface area contributed by atoms with Crippen LogP contribution in [0.15, 0.2) is 18.2 Å². The summed E-state index contributed by atoms with van der Waals surface area (Å²) in [6, 6.07) is 4.18. The molecule has 0 bridgehead atoms. The van der Waals surface area contributed by atoms with E-state index in [0.717, 1.165) is 24.8 Å². The van der Waals surface area contributed by atoms with Crippen LogP contribution in [0.1, 0.15) is 51.1 Å². The van der Waals surface area contributed by atoms with E-state index in [1.807, 2.05) is 6.92 Å². The second-order valence-electron chi connectivity index (χ2n) is 4.93. The number of benzene rings is 1. The highest BCUT2D eigenvalue weighted by molar-refractivity contribution is 5.69. The van der Waals surface area contributed by atoms with Gasteiger partial charge in [0.2, 0.25) is 0 Å². The summed E-state index contributed by atoms with van der Waals surface area (Å²) >= 11 is 0. The lowest BCUT2D eigenvalue weighted by molar-refractivity contribution is -0.143. The number of carbonyl (C=O) groups is 1. The first-order chi connectivity index (χ1) is 10.0. The third-order valence-electron chi connectivity index (χ3n) is 3.05. The summed E-state index contributed by atoms with van der Waals surface area (Å²) in [6.07, 6.45) is 2.86. The zero-order chi connectivity index (χ0) is 15.7. The Kier molecular flexibility index (Phi) is 7.75. The average Bonchev–Trinajstić information content (AvgIpc) is 2.42. The Hall–Kier alpha value is -1.62. The number of nitrogens with two attached hydrogens (primary N) is 1.